The molecule has 0 spiro atoms. The molecule has 4 rings (SSSR count). The maximum absolute atomic E-state index is 14.0. The lowest BCUT2D eigenvalue weighted by atomic mass is 9.88. The van der Waals surface area contributed by atoms with Gasteiger partial charge in [-0.05, 0) is 98.4 Å². The van der Waals surface area contributed by atoms with Crippen LogP contribution in [0.3, 0.4) is 0 Å². The van der Waals surface area contributed by atoms with Crippen LogP contribution < -0.4 is 15.5 Å². The van der Waals surface area contributed by atoms with Gasteiger partial charge in [-0.2, -0.15) is 9.61 Å². The Balaban J connectivity index is 1.82. The van der Waals surface area contributed by atoms with E-state index < -0.39 is 22.8 Å². The number of carbonyl (C=O) groups is 3. The van der Waals surface area contributed by atoms with Gasteiger partial charge in [0.25, 0.3) is 0 Å². The third kappa shape index (κ3) is 8.60. The minimum Gasteiger partial charge on any atom is -0.444 e. The molecule has 2 aromatic heterocycles. The van der Waals surface area contributed by atoms with E-state index in [-0.39, 0.29) is 24.0 Å². The average molecular weight is 648 g/mol. The Labute approximate surface area is 277 Å². The molecule has 3 heterocycles. The first-order valence-electron chi connectivity index (χ1n) is 16.0. The third-order valence-corrected chi connectivity index (χ3v) is 7.67. The molecule has 0 bridgehead atoms. The van der Waals surface area contributed by atoms with E-state index in [2.05, 4.69) is 36.2 Å². The van der Waals surface area contributed by atoms with Crippen LogP contribution in [0.5, 0.6) is 0 Å². The predicted molar refractivity (Wildman–Crippen MR) is 184 cm³/mol. The van der Waals surface area contributed by atoms with Crippen molar-refractivity contribution in [3.05, 3.63) is 54.7 Å². The molecular weight excluding hydrogens is 598 g/mol. The highest BCUT2D eigenvalue weighted by Crippen LogP contribution is 2.35. The second-order valence-electron chi connectivity index (χ2n) is 14.8. The lowest BCUT2D eigenvalue weighted by Gasteiger charge is -2.45. The highest BCUT2D eigenvalue weighted by atomic mass is 16.6. The molecule has 1 fully saturated rings. The second-order valence-corrected chi connectivity index (χ2v) is 14.8. The van der Waals surface area contributed by atoms with Crippen molar-refractivity contribution in [1.82, 2.24) is 19.5 Å². The molecule has 0 saturated carbocycles. The van der Waals surface area contributed by atoms with E-state index in [0.717, 1.165) is 18.4 Å². The van der Waals surface area contributed by atoms with E-state index in [4.69, 9.17) is 14.5 Å². The van der Waals surface area contributed by atoms with Crippen LogP contribution in [-0.2, 0) is 14.3 Å². The zero-order chi connectivity index (χ0) is 34.9. The van der Waals surface area contributed by atoms with Gasteiger partial charge in [-0.25, -0.2) is 19.5 Å². The van der Waals surface area contributed by atoms with Crippen LogP contribution in [-0.4, -0.2) is 66.9 Å². The molecule has 0 aliphatic carbocycles. The Morgan fingerprint density at radius 2 is 1.77 bits per heavy atom. The molecule has 12 nitrogen and oxygen atoms in total. The fraction of sp³-hybridized carbons (Fsp3) is 0.514. The van der Waals surface area contributed by atoms with Crippen molar-refractivity contribution in [3.63, 3.8) is 0 Å². The monoisotopic (exact) mass is 647 g/mol. The number of nitrogens with one attached hydrogen (secondary N) is 2. The van der Waals surface area contributed by atoms with Gasteiger partial charge < -0.3 is 25.0 Å². The van der Waals surface area contributed by atoms with Crippen LogP contribution in [0.25, 0.3) is 5.65 Å². The number of rotatable bonds is 7. The summed E-state index contributed by atoms with van der Waals surface area (Å²) >= 11 is 0. The smallest absolute Gasteiger partial charge is 0.420 e. The molecule has 2 N–H and O–H groups in total. The summed E-state index contributed by atoms with van der Waals surface area (Å²) in [6, 6.07) is 8.50. The van der Waals surface area contributed by atoms with Crippen molar-refractivity contribution in [2.24, 2.45) is 0 Å². The van der Waals surface area contributed by atoms with Crippen LogP contribution in [0, 0.1) is 0 Å². The SMILES string of the molecule is C=CC(=O)Nc1cccc(N(C(=O)OC(C)(C)C)c2cc(N[C@H]3CCC(C)(C)N(C(=O)OC(C)(C)C)C3)nc3c(C(C)C)cnn23)c1. The number of anilines is 4. The first-order valence-corrected chi connectivity index (χ1v) is 16.0. The van der Waals surface area contributed by atoms with E-state index >= 15 is 0 Å². The van der Waals surface area contributed by atoms with Crippen molar-refractivity contribution >= 4 is 46.8 Å². The van der Waals surface area contributed by atoms with Crippen LogP contribution in [0.15, 0.2) is 49.2 Å². The lowest BCUT2D eigenvalue weighted by molar-refractivity contribution is -0.111. The molecule has 0 radical (unpaired) electrons. The summed E-state index contributed by atoms with van der Waals surface area (Å²) in [5.41, 5.74) is 0.567. The first kappa shape index (κ1) is 35.2. The molecular formula is C35H49N7O5. The van der Waals surface area contributed by atoms with E-state index in [1.807, 2.05) is 34.6 Å². The Kier molecular flexibility index (Phi) is 9.94. The number of hydrogen-bond acceptors (Lipinski definition) is 8. The second kappa shape index (κ2) is 13.2. The maximum Gasteiger partial charge on any atom is 0.420 e. The average Bonchev–Trinajstić information content (AvgIpc) is 3.37. The third-order valence-electron chi connectivity index (χ3n) is 7.67. The molecule has 3 amide bonds. The lowest BCUT2D eigenvalue weighted by Crippen LogP contribution is -2.57. The zero-order valence-corrected chi connectivity index (χ0v) is 29.3. The number of piperidine rings is 1. The van der Waals surface area contributed by atoms with Crippen LogP contribution in [0.2, 0.25) is 0 Å². The zero-order valence-electron chi connectivity index (χ0n) is 29.3. The molecule has 1 aromatic carbocycles. The number of hydrogen-bond donors (Lipinski definition) is 2. The van der Waals surface area contributed by atoms with Gasteiger partial charge in [0, 0.05) is 35.4 Å². The van der Waals surface area contributed by atoms with Crippen LogP contribution in [0.1, 0.15) is 93.6 Å². The quantitative estimate of drug-likeness (QED) is 0.250. The van der Waals surface area contributed by atoms with E-state index in [1.54, 1.807) is 66.7 Å². The van der Waals surface area contributed by atoms with E-state index in [9.17, 15) is 14.4 Å². The number of aromatic nitrogens is 3. The number of likely N-dealkylation sites (tertiary alicyclic amines) is 1. The minimum absolute atomic E-state index is 0.0914. The number of benzene rings is 1. The number of fused-ring (bicyclic) bond motifs is 1. The summed E-state index contributed by atoms with van der Waals surface area (Å²) in [6.45, 7) is 23.1. The molecule has 0 unspecified atom stereocenters. The fourth-order valence-electron chi connectivity index (χ4n) is 5.35. The summed E-state index contributed by atoms with van der Waals surface area (Å²) in [4.78, 5) is 47.5. The van der Waals surface area contributed by atoms with Gasteiger partial charge in [-0.3, -0.25) is 4.79 Å². The van der Waals surface area contributed by atoms with Crippen molar-refractivity contribution in [2.45, 2.75) is 111 Å². The minimum atomic E-state index is -0.801. The molecule has 254 valence electrons. The Morgan fingerprint density at radius 3 is 2.38 bits per heavy atom. The topological polar surface area (TPSA) is 130 Å². The molecule has 1 saturated heterocycles. The van der Waals surface area contributed by atoms with Crippen LogP contribution in [0.4, 0.5) is 32.6 Å². The van der Waals surface area contributed by atoms with Gasteiger partial charge in [0.1, 0.15) is 22.8 Å². The van der Waals surface area contributed by atoms with Crippen molar-refractivity contribution in [3.8, 4) is 0 Å². The van der Waals surface area contributed by atoms with Gasteiger partial charge in [-0.15, -0.1) is 0 Å². The summed E-state index contributed by atoms with van der Waals surface area (Å²) in [6.07, 6.45) is 3.45. The largest absolute Gasteiger partial charge is 0.444 e. The molecule has 12 heteroatoms. The van der Waals surface area contributed by atoms with Crippen LogP contribution >= 0.6 is 0 Å². The Bertz CT molecular complexity index is 1650. The summed E-state index contributed by atoms with van der Waals surface area (Å²) in [5.74, 6) is 0.599. The predicted octanol–water partition coefficient (Wildman–Crippen LogP) is 7.64. The summed E-state index contributed by atoms with van der Waals surface area (Å²) in [5, 5.41) is 11.0. The van der Waals surface area contributed by atoms with Gasteiger partial charge in [0.05, 0.1) is 11.9 Å². The Hall–Kier alpha value is -4.61. The molecule has 1 atom stereocenters. The number of amides is 3. The standard InChI is InChI=1S/C35H49N7O5/c1-12-28(43)38-23-14-13-15-25(18-23)41(32(45)47-34(7,8)9)29-19-27(39-30-26(22(2)3)20-36-42(29)30)37-24-16-17-35(10,11)40(21-24)31(44)46-33(4,5)6/h12-15,18-20,22,24H,1,16-17,21H2,2-11H3,(H,37,39)(H,38,43)/t24-/m0/s1. The van der Waals surface area contributed by atoms with Gasteiger partial charge >= 0.3 is 12.2 Å². The van der Waals surface area contributed by atoms with Crippen molar-refractivity contribution < 1.29 is 23.9 Å². The van der Waals surface area contributed by atoms with Gasteiger partial charge in [0.2, 0.25) is 5.91 Å². The Morgan fingerprint density at radius 1 is 1.09 bits per heavy atom. The number of carbonyl (C=O) groups excluding carboxylic acids is 3. The fourth-order valence-corrected chi connectivity index (χ4v) is 5.35. The van der Waals surface area contributed by atoms with Crippen molar-refractivity contribution in [2.75, 3.05) is 22.1 Å². The molecule has 47 heavy (non-hydrogen) atoms. The molecule has 1 aliphatic heterocycles. The van der Waals surface area contributed by atoms with E-state index in [0.29, 0.717) is 35.2 Å². The number of nitrogens with zero attached hydrogens (tertiary/aromatic N) is 5. The van der Waals surface area contributed by atoms with Gasteiger partial charge in [-0.1, -0.05) is 26.5 Å². The first-order chi connectivity index (χ1) is 21.8. The highest BCUT2D eigenvalue weighted by molar-refractivity contribution is 6.01. The highest BCUT2D eigenvalue weighted by Gasteiger charge is 2.40. The van der Waals surface area contributed by atoms with E-state index in [1.165, 1.54) is 11.0 Å². The molecule has 3 aromatic rings. The maximum atomic E-state index is 14.0. The molecule has 1 aliphatic rings. The van der Waals surface area contributed by atoms with Gasteiger partial charge in [0.15, 0.2) is 5.65 Å². The summed E-state index contributed by atoms with van der Waals surface area (Å²) in [7, 11) is 0. The normalized spacial score (nSPS) is 16.5. The summed E-state index contributed by atoms with van der Waals surface area (Å²) < 4.78 is 13.3. The van der Waals surface area contributed by atoms with Crippen molar-refractivity contribution in [1.29, 1.82) is 0 Å². The number of ether oxygens (including phenoxy) is 2.